The van der Waals surface area contributed by atoms with Crippen LogP contribution < -0.4 is 15.4 Å². The van der Waals surface area contributed by atoms with Gasteiger partial charge in [-0.05, 0) is 24.1 Å². The summed E-state index contributed by atoms with van der Waals surface area (Å²) in [6.07, 6.45) is 1.19. The van der Waals surface area contributed by atoms with E-state index < -0.39 is 0 Å². The van der Waals surface area contributed by atoms with E-state index in [4.69, 9.17) is 16.3 Å². The number of methoxy groups -OCH3 is 1. The zero-order valence-electron chi connectivity index (χ0n) is 14.6. The molecule has 136 valence electrons. The third-order valence-corrected chi connectivity index (χ3v) is 3.65. The second kappa shape index (κ2) is 12.2. The summed E-state index contributed by atoms with van der Waals surface area (Å²) >= 11 is 6.21. The van der Waals surface area contributed by atoms with Crippen molar-refractivity contribution in [2.75, 3.05) is 41.3 Å². The zero-order valence-corrected chi connectivity index (χ0v) is 17.6. The first-order valence-corrected chi connectivity index (χ1v) is 7.82. The van der Waals surface area contributed by atoms with Gasteiger partial charge in [0, 0.05) is 45.7 Å². The Kier molecular flexibility index (Phi) is 11.6. The summed E-state index contributed by atoms with van der Waals surface area (Å²) in [6, 6.07) is 5.65. The molecular weight excluding hydrogens is 443 g/mol. The van der Waals surface area contributed by atoms with Gasteiger partial charge in [-0.25, -0.2) is 0 Å². The van der Waals surface area contributed by atoms with Crippen molar-refractivity contribution < 1.29 is 9.53 Å². The maximum absolute atomic E-state index is 11.5. The lowest BCUT2D eigenvalue weighted by molar-refractivity contribution is -0.128. The van der Waals surface area contributed by atoms with Gasteiger partial charge in [0.1, 0.15) is 5.75 Å². The maximum atomic E-state index is 11.5. The number of carbonyl (C=O) groups excluding carboxylic acids is 1. The fourth-order valence-corrected chi connectivity index (χ4v) is 2.17. The first kappa shape index (κ1) is 22.8. The minimum atomic E-state index is 0. The molecule has 0 aliphatic rings. The quantitative estimate of drug-likeness (QED) is 0.366. The normalized spacial score (nSPS) is 10.6. The predicted molar refractivity (Wildman–Crippen MR) is 110 cm³/mol. The van der Waals surface area contributed by atoms with Gasteiger partial charge in [-0.2, -0.15) is 0 Å². The van der Waals surface area contributed by atoms with Gasteiger partial charge in [0.2, 0.25) is 5.91 Å². The minimum absolute atomic E-state index is 0. The molecule has 2 N–H and O–H groups in total. The van der Waals surface area contributed by atoms with Gasteiger partial charge < -0.3 is 20.3 Å². The van der Waals surface area contributed by atoms with Crippen LogP contribution in [0.2, 0.25) is 5.02 Å². The van der Waals surface area contributed by atoms with Crippen molar-refractivity contribution in [1.82, 2.24) is 15.5 Å². The van der Waals surface area contributed by atoms with Crippen LogP contribution in [0.25, 0.3) is 0 Å². The molecule has 0 radical (unpaired) electrons. The van der Waals surface area contributed by atoms with E-state index >= 15 is 0 Å². The number of benzene rings is 1. The smallest absolute Gasteiger partial charge is 0.223 e. The molecule has 0 heterocycles. The van der Waals surface area contributed by atoms with Crippen LogP contribution >= 0.6 is 35.6 Å². The average Bonchev–Trinajstić information content (AvgIpc) is 2.54. The number of guanidine groups is 1. The Morgan fingerprint density at radius 3 is 2.50 bits per heavy atom. The van der Waals surface area contributed by atoms with Gasteiger partial charge in [-0.3, -0.25) is 9.79 Å². The summed E-state index contributed by atoms with van der Waals surface area (Å²) in [5.41, 5.74) is 1.04. The highest BCUT2D eigenvalue weighted by atomic mass is 127. The Morgan fingerprint density at radius 2 is 1.96 bits per heavy atom. The molecule has 0 spiro atoms. The van der Waals surface area contributed by atoms with Gasteiger partial charge in [-0.1, -0.05) is 17.7 Å². The molecular formula is C16H26ClIN4O2. The van der Waals surface area contributed by atoms with Crippen LogP contribution in [0.15, 0.2) is 23.2 Å². The molecule has 0 saturated heterocycles. The van der Waals surface area contributed by atoms with Crippen molar-refractivity contribution in [3.05, 3.63) is 28.8 Å². The Balaban J connectivity index is 0.00000529. The Labute approximate surface area is 166 Å². The highest BCUT2D eigenvalue weighted by molar-refractivity contribution is 14.0. The number of nitrogens with one attached hydrogen (secondary N) is 2. The number of hydrogen-bond acceptors (Lipinski definition) is 3. The standard InChI is InChI=1S/C16H25ClN4O2.HI/c1-18-16(20-10-8-15(22)21(2)3)19-9-7-12-5-6-13(23-4)11-14(12)17;/h5-6,11H,7-10H2,1-4H3,(H2,18,19,20);1H. The maximum Gasteiger partial charge on any atom is 0.223 e. The molecule has 1 aromatic rings. The lowest BCUT2D eigenvalue weighted by atomic mass is 10.1. The Hall–Kier alpha value is -1.22. The highest BCUT2D eigenvalue weighted by Crippen LogP contribution is 2.22. The van der Waals surface area contributed by atoms with Crippen LogP contribution in [0.1, 0.15) is 12.0 Å². The summed E-state index contributed by atoms with van der Waals surface area (Å²) in [6.45, 7) is 1.23. The Bertz CT molecular complexity index is 553. The molecule has 0 atom stereocenters. The van der Waals surface area contributed by atoms with Gasteiger partial charge in [0.15, 0.2) is 5.96 Å². The first-order valence-electron chi connectivity index (χ1n) is 7.45. The van der Waals surface area contributed by atoms with E-state index in [9.17, 15) is 4.79 Å². The molecule has 0 bridgehead atoms. The van der Waals surface area contributed by atoms with E-state index in [1.165, 1.54) is 0 Å². The second-order valence-corrected chi connectivity index (χ2v) is 5.58. The number of halogens is 2. The van der Waals surface area contributed by atoms with E-state index in [1.807, 2.05) is 12.1 Å². The van der Waals surface area contributed by atoms with Crippen LogP contribution in [-0.4, -0.2) is 58.1 Å². The lowest BCUT2D eigenvalue weighted by Crippen LogP contribution is -2.40. The molecule has 0 unspecified atom stereocenters. The van der Waals surface area contributed by atoms with Crippen LogP contribution in [0.3, 0.4) is 0 Å². The van der Waals surface area contributed by atoms with E-state index in [0.717, 1.165) is 17.7 Å². The SMILES string of the molecule is CN=C(NCCC(=O)N(C)C)NCCc1ccc(OC)cc1Cl.I. The first-order chi connectivity index (χ1) is 11.0. The van der Waals surface area contributed by atoms with Crippen molar-refractivity contribution >= 4 is 47.4 Å². The number of carbonyl (C=O) groups is 1. The van der Waals surface area contributed by atoms with E-state index in [-0.39, 0.29) is 29.9 Å². The van der Waals surface area contributed by atoms with Gasteiger partial charge in [-0.15, -0.1) is 24.0 Å². The molecule has 8 heteroatoms. The Morgan fingerprint density at radius 1 is 1.29 bits per heavy atom. The molecule has 0 aliphatic carbocycles. The number of amides is 1. The number of ether oxygens (including phenoxy) is 1. The third kappa shape index (κ3) is 8.05. The summed E-state index contributed by atoms with van der Waals surface area (Å²) < 4.78 is 5.13. The third-order valence-electron chi connectivity index (χ3n) is 3.30. The molecule has 24 heavy (non-hydrogen) atoms. The number of hydrogen-bond donors (Lipinski definition) is 2. The molecule has 1 amide bonds. The molecule has 0 aliphatic heterocycles. The summed E-state index contributed by atoms with van der Waals surface area (Å²) in [4.78, 5) is 17.2. The van der Waals surface area contributed by atoms with Crippen molar-refractivity contribution in [3.63, 3.8) is 0 Å². The van der Waals surface area contributed by atoms with E-state index in [2.05, 4.69) is 15.6 Å². The molecule has 1 rings (SSSR count). The summed E-state index contributed by atoms with van der Waals surface area (Å²) in [5.74, 6) is 1.49. The highest BCUT2D eigenvalue weighted by Gasteiger charge is 2.05. The fraction of sp³-hybridized carbons (Fsp3) is 0.500. The molecule has 0 aromatic heterocycles. The number of aliphatic imine (C=N–C) groups is 1. The van der Waals surface area contributed by atoms with Crippen LogP contribution in [0.5, 0.6) is 5.75 Å². The van der Waals surface area contributed by atoms with Crippen molar-refractivity contribution in [2.24, 2.45) is 4.99 Å². The number of nitrogens with zero attached hydrogens (tertiary/aromatic N) is 2. The van der Waals surface area contributed by atoms with Gasteiger partial charge in [0.05, 0.1) is 7.11 Å². The molecule has 0 fully saturated rings. The molecule has 1 aromatic carbocycles. The topological polar surface area (TPSA) is 66.0 Å². The minimum Gasteiger partial charge on any atom is -0.497 e. The lowest BCUT2D eigenvalue weighted by Gasteiger charge is -2.14. The monoisotopic (exact) mass is 468 g/mol. The van der Waals surface area contributed by atoms with Crippen molar-refractivity contribution in [2.45, 2.75) is 12.8 Å². The number of rotatable bonds is 7. The average molecular weight is 469 g/mol. The predicted octanol–water partition coefficient (Wildman–Crippen LogP) is 2.15. The van der Waals surface area contributed by atoms with Gasteiger partial charge >= 0.3 is 0 Å². The van der Waals surface area contributed by atoms with Gasteiger partial charge in [0.25, 0.3) is 0 Å². The van der Waals surface area contributed by atoms with E-state index in [0.29, 0.717) is 30.5 Å². The van der Waals surface area contributed by atoms with Crippen molar-refractivity contribution in [1.29, 1.82) is 0 Å². The molecule has 0 saturated carbocycles. The zero-order chi connectivity index (χ0) is 17.2. The second-order valence-electron chi connectivity index (χ2n) is 5.17. The fourth-order valence-electron chi connectivity index (χ4n) is 1.91. The molecule has 6 nitrogen and oxygen atoms in total. The van der Waals surface area contributed by atoms with Crippen LogP contribution in [-0.2, 0) is 11.2 Å². The summed E-state index contributed by atoms with van der Waals surface area (Å²) in [7, 11) is 6.80. The van der Waals surface area contributed by atoms with E-state index in [1.54, 1.807) is 39.2 Å². The largest absolute Gasteiger partial charge is 0.497 e. The summed E-state index contributed by atoms with van der Waals surface area (Å²) in [5, 5.41) is 7.00. The van der Waals surface area contributed by atoms with Crippen LogP contribution in [0.4, 0.5) is 0 Å². The van der Waals surface area contributed by atoms with Crippen molar-refractivity contribution in [3.8, 4) is 5.75 Å². The van der Waals surface area contributed by atoms with Crippen LogP contribution in [0, 0.1) is 0 Å².